The molecule has 2 saturated heterocycles. The fourth-order valence-corrected chi connectivity index (χ4v) is 6.13. The molecule has 24 heavy (non-hydrogen) atoms. The maximum atomic E-state index is 12.6. The van der Waals surface area contributed by atoms with Gasteiger partial charge in [-0.15, -0.1) is 0 Å². The monoisotopic (exact) mass is 359 g/mol. The van der Waals surface area contributed by atoms with Crippen LogP contribution in [-0.2, 0) is 14.6 Å². The molecule has 0 aromatic heterocycles. The molecule has 0 radical (unpaired) electrons. The van der Waals surface area contributed by atoms with Crippen molar-refractivity contribution >= 4 is 21.8 Å². The molecule has 0 spiro atoms. The number of carbonyl (C=O) groups is 2. The summed E-state index contributed by atoms with van der Waals surface area (Å²) in [6, 6.07) is -0.651. The number of piperazine rings is 1. The Morgan fingerprint density at radius 2 is 1.75 bits per heavy atom. The van der Waals surface area contributed by atoms with E-state index in [-0.39, 0.29) is 42.1 Å². The van der Waals surface area contributed by atoms with E-state index < -0.39 is 15.8 Å². The highest BCUT2D eigenvalue weighted by Gasteiger charge is 2.48. The third-order valence-corrected chi connectivity index (χ3v) is 7.05. The molecule has 0 aromatic carbocycles. The van der Waals surface area contributed by atoms with Crippen molar-refractivity contribution in [1.29, 1.82) is 0 Å². The topological polar surface area (TPSA) is 107 Å². The first kappa shape index (κ1) is 17.5. The van der Waals surface area contributed by atoms with Crippen LogP contribution < -0.4 is 5.32 Å². The summed E-state index contributed by atoms with van der Waals surface area (Å²) in [4.78, 5) is 27.0. The lowest BCUT2D eigenvalue weighted by Crippen LogP contribution is -2.63. The first-order valence-electron chi connectivity index (χ1n) is 8.59. The summed E-state index contributed by atoms with van der Waals surface area (Å²) in [5, 5.41) is 11.9. The lowest BCUT2D eigenvalue weighted by Gasteiger charge is -2.44. The van der Waals surface area contributed by atoms with Gasteiger partial charge in [0.15, 0.2) is 9.84 Å². The first-order valence-corrected chi connectivity index (χ1v) is 10.4. The number of urea groups is 1. The fraction of sp³-hybridized carbons (Fsp3) is 0.867. The summed E-state index contributed by atoms with van der Waals surface area (Å²) in [6.07, 6.45) is 4.19. The van der Waals surface area contributed by atoms with Gasteiger partial charge < -0.3 is 15.3 Å². The van der Waals surface area contributed by atoms with Crippen molar-refractivity contribution < 1.29 is 23.1 Å². The van der Waals surface area contributed by atoms with Gasteiger partial charge in [-0.1, -0.05) is 12.8 Å². The van der Waals surface area contributed by atoms with Crippen molar-refractivity contribution in [1.82, 2.24) is 15.1 Å². The quantitative estimate of drug-likeness (QED) is 0.726. The zero-order valence-electron chi connectivity index (χ0n) is 13.7. The van der Waals surface area contributed by atoms with Crippen molar-refractivity contribution in [3.63, 3.8) is 0 Å². The molecular weight excluding hydrogens is 334 g/mol. The van der Waals surface area contributed by atoms with E-state index in [1.807, 2.05) is 4.90 Å². The van der Waals surface area contributed by atoms with Crippen molar-refractivity contribution in [2.24, 2.45) is 0 Å². The summed E-state index contributed by atoms with van der Waals surface area (Å²) in [7, 11) is -3.20. The standard InChI is InChI=1S/C15H25N3O5S/c19-14(20)5-6-17-7-8-18(13-10-24(22,23)9-12(13)17)15(21)16-11-3-1-2-4-11/h11-13H,1-10H2,(H,16,21)(H,19,20)/t12-,13+/m0/s1. The summed E-state index contributed by atoms with van der Waals surface area (Å²) in [5.74, 6) is -0.919. The molecule has 3 fully saturated rings. The number of hydrogen-bond donors (Lipinski definition) is 2. The Morgan fingerprint density at radius 3 is 2.42 bits per heavy atom. The smallest absolute Gasteiger partial charge is 0.317 e. The Morgan fingerprint density at radius 1 is 1.08 bits per heavy atom. The van der Waals surface area contributed by atoms with Crippen LogP contribution in [0.25, 0.3) is 0 Å². The lowest BCUT2D eigenvalue weighted by atomic mass is 10.0. The number of sulfone groups is 1. The maximum absolute atomic E-state index is 12.6. The Labute approximate surface area is 142 Å². The Bertz CT molecular complexity index is 602. The highest BCUT2D eigenvalue weighted by molar-refractivity contribution is 7.91. The minimum absolute atomic E-state index is 0.00446. The van der Waals surface area contributed by atoms with Crippen molar-refractivity contribution in [2.75, 3.05) is 31.1 Å². The number of carbonyl (C=O) groups excluding carboxylic acids is 1. The number of amides is 2. The first-order chi connectivity index (χ1) is 11.4. The number of rotatable bonds is 4. The van der Waals surface area contributed by atoms with Crippen molar-refractivity contribution in [2.45, 2.75) is 50.2 Å². The lowest BCUT2D eigenvalue weighted by molar-refractivity contribution is -0.137. The molecule has 3 rings (SSSR count). The summed E-state index contributed by atoms with van der Waals surface area (Å²) < 4.78 is 24.2. The van der Waals surface area contributed by atoms with Crippen LogP contribution in [0.5, 0.6) is 0 Å². The maximum Gasteiger partial charge on any atom is 0.317 e. The summed E-state index contributed by atoms with van der Waals surface area (Å²) >= 11 is 0. The highest BCUT2D eigenvalue weighted by atomic mass is 32.2. The minimum Gasteiger partial charge on any atom is -0.481 e. The van der Waals surface area contributed by atoms with E-state index in [2.05, 4.69) is 5.32 Å². The normalized spacial score (nSPS) is 30.2. The van der Waals surface area contributed by atoms with E-state index in [9.17, 15) is 18.0 Å². The fourth-order valence-electron chi connectivity index (χ4n) is 4.12. The van der Waals surface area contributed by atoms with Crippen LogP contribution in [0.3, 0.4) is 0 Å². The molecule has 1 saturated carbocycles. The van der Waals surface area contributed by atoms with Gasteiger partial charge in [0.05, 0.1) is 24.0 Å². The molecule has 2 heterocycles. The van der Waals surface area contributed by atoms with Gasteiger partial charge in [-0.3, -0.25) is 9.69 Å². The molecular formula is C15H25N3O5S. The molecule has 1 aliphatic carbocycles. The van der Waals surface area contributed by atoms with Gasteiger partial charge in [-0.05, 0) is 12.8 Å². The third kappa shape index (κ3) is 3.83. The molecule has 2 N–H and O–H groups in total. The van der Waals surface area contributed by atoms with Gasteiger partial charge in [0.2, 0.25) is 0 Å². The summed E-state index contributed by atoms with van der Waals surface area (Å²) in [5.41, 5.74) is 0. The number of hydrogen-bond acceptors (Lipinski definition) is 5. The van der Waals surface area contributed by atoms with Gasteiger partial charge >= 0.3 is 12.0 Å². The highest BCUT2D eigenvalue weighted by Crippen LogP contribution is 2.27. The number of carboxylic acids is 1. The number of nitrogens with one attached hydrogen (secondary N) is 1. The van der Waals surface area contributed by atoms with E-state index in [1.165, 1.54) is 0 Å². The molecule has 2 amide bonds. The zero-order valence-corrected chi connectivity index (χ0v) is 14.5. The number of nitrogens with zero attached hydrogens (tertiary/aromatic N) is 2. The van der Waals surface area contributed by atoms with E-state index in [0.29, 0.717) is 19.6 Å². The molecule has 2 aliphatic heterocycles. The van der Waals surface area contributed by atoms with Crippen LogP contribution in [0, 0.1) is 0 Å². The SMILES string of the molecule is O=C(O)CCN1CCN(C(=O)NC2CCCC2)[C@@H]2CS(=O)(=O)C[C@@H]21. The molecule has 136 valence electrons. The van der Waals surface area contributed by atoms with Crippen LogP contribution in [-0.4, -0.2) is 84.6 Å². The molecule has 9 heteroatoms. The van der Waals surface area contributed by atoms with Crippen LogP contribution in [0.1, 0.15) is 32.1 Å². The van der Waals surface area contributed by atoms with E-state index in [1.54, 1.807) is 4.90 Å². The number of carboxylic acid groups (broad SMARTS) is 1. The van der Waals surface area contributed by atoms with Gasteiger partial charge in [-0.2, -0.15) is 0 Å². The van der Waals surface area contributed by atoms with Crippen LogP contribution in [0.15, 0.2) is 0 Å². The molecule has 8 nitrogen and oxygen atoms in total. The van der Waals surface area contributed by atoms with Crippen LogP contribution in [0.4, 0.5) is 4.79 Å². The largest absolute Gasteiger partial charge is 0.481 e. The minimum atomic E-state index is -3.20. The van der Waals surface area contributed by atoms with E-state index in [0.717, 1.165) is 25.7 Å². The van der Waals surface area contributed by atoms with Crippen LogP contribution in [0.2, 0.25) is 0 Å². The van der Waals surface area contributed by atoms with E-state index in [4.69, 9.17) is 5.11 Å². The van der Waals surface area contributed by atoms with E-state index >= 15 is 0 Å². The van der Waals surface area contributed by atoms with Crippen molar-refractivity contribution in [3.05, 3.63) is 0 Å². The second-order valence-electron chi connectivity index (χ2n) is 7.02. The summed E-state index contributed by atoms with van der Waals surface area (Å²) in [6.45, 7) is 1.28. The average Bonchev–Trinajstić information content (AvgIpc) is 3.10. The predicted octanol–water partition coefficient (Wildman–Crippen LogP) is -0.103. The second kappa shape index (κ2) is 6.87. The molecule has 0 aromatic rings. The van der Waals surface area contributed by atoms with Crippen LogP contribution >= 0.6 is 0 Å². The zero-order chi connectivity index (χ0) is 17.3. The Kier molecular flexibility index (Phi) is 5.00. The Hall–Kier alpha value is -1.35. The van der Waals surface area contributed by atoms with Crippen molar-refractivity contribution in [3.8, 4) is 0 Å². The average molecular weight is 359 g/mol. The molecule has 2 atom stereocenters. The third-order valence-electron chi connectivity index (χ3n) is 5.35. The number of fused-ring (bicyclic) bond motifs is 1. The van der Waals surface area contributed by atoms with Gasteiger partial charge in [0, 0.05) is 31.7 Å². The molecule has 3 aliphatic rings. The Balaban J connectivity index is 1.69. The number of aliphatic carboxylic acids is 1. The molecule has 0 bridgehead atoms. The second-order valence-corrected chi connectivity index (χ2v) is 9.17. The predicted molar refractivity (Wildman–Crippen MR) is 87.5 cm³/mol. The van der Waals surface area contributed by atoms with Gasteiger partial charge in [0.1, 0.15) is 0 Å². The molecule has 0 unspecified atom stereocenters. The van der Waals surface area contributed by atoms with Gasteiger partial charge in [-0.25, -0.2) is 13.2 Å². The van der Waals surface area contributed by atoms with Gasteiger partial charge in [0.25, 0.3) is 0 Å².